The van der Waals surface area contributed by atoms with Gasteiger partial charge in [-0.25, -0.2) is 9.59 Å². The van der Waals surface area contributed by atoms with Crippen LogP contribution in [0.4, 0.5) is 10.5 Å². The van der Waals surface area contributed by atoms with Crippen LogP contribution in [-0.4, -0.2) is 28.1 Å². The number of amides is 2. The normalized spacial score (nSPS) is 9.94. The van der Waals surface area contributed by atoms with Crippen molar-refractivity contribution in [2.45, 2.75) is 19.9 Å². The van der Waals surface area contributed by atoms with Crippen LogP contribution in [0.5, 0.6) is 0 Å². The van der Waals surface area contributed by atoms with Gasteiger partial charge >= 0.3 is 12.0 Å². The molecular weight excluding hydrogens is 210 g/mol. The Morgan fingerprint density at radius 2 is 2.12 bits per heavy atom. The van der Waals surface area contributed by atoms with E-state index < -0.39 is 12.0 Å². The number of urea groups is 1. The van der Waals surface area contributed by atoms with E-state index in [1.165, 1.54) is 18.5 Å². The summed E-state index contributed by atoms with van der Waals surface area (Å²) in [7, 11) is 0. The molecule has 0 aliphatic rings. The lowest BCUT2D eigenvalue weighted by atomic mass is 10.2. The zero-order valence-corrected chi connectivity index (χ0v) is 9.02. The van der Waals surface area contributed by atoms with Crippen LogP contribution in [-0.2, 0) is 0 Å². The fourth-order valence-electron chi connectivity index (χ4n) is 1.10. The van der Waals surface area contributed by atoms with Crippen molar-refractivity contribution in [3.63, 3.8) is 0 Å². The molecule has 0 aliphatic heterocycles. The number of rotatable bonds is 3. The monoisotopic (exact) mass is 223 g/mol. The molecule has 16 heavy (non-hydrogen) atoms. The summed E-state index contributed by atoms with van der Waals surface area (Å²) in [6, 6.07) is 0.850. The first-order valence-electron chi connectivity index (χ1n) is 4.75. The first-order valence-corrected chi connectivity index (χ1v) is 4.75. The maximum atomic E-state index is 11.4. The third kappa shape index (κ3) is 3.23. The van der Waals surface area contributed by atoms with Crippen molar-refractivity contribution < 1.29 is 14.7 Å². The molecule has 1 rings (SSSR count). The van der Waals surface area contributed by atoms with Gasteiger partial charge in [-0.05, 0) is 19.9 Å². The minimum absolute atomic E-state index is 0.00825. The molecule has 86 valence electrons. The largest absolute Gasteiger partial charge is 0.478 e. The van der Waals surface area contributed by atoms with Gasteiger partial charge in [0.1, 0.15) is 0 Å². The molecule has 2 amide bonds. The van der Waals surface area contributed by atoms with Crippen molar-refractivity contribution in [3.05, 3.63) is 24.0 Å². The quantitative estimate of drug-likeness (QED) is 0.720. The second-order valence-corrected chi connectivity index (χ2v) is 3.48. The maximum Gasteiger partial charge on any atom is 0.337 e. The van der Waals surface area contributed by atoms with E-state index in [4.69, 9.17) is 5.11 Å². The minimum Gasteiger partial charge on any atom is -0.478 e. The van der Waals surface area contributed by atoms with Crippen molar-refractivity contribution in [2.24, 2.45) is 0 Å². The number of pyridine rings is 1. The SMILES string of the molecule is CC(C)NC(=O)Nc1cnccc1C(=O)O. The Bertz CT molecular complexity index is 404. The van der Waals surface area contributed by atoms with E-state index >= 15 is 0 Å². The summed E-state index contributed by atoms with van der Waals surface area (Å²) >= 11 is 0. The Kier molecular flexibility index (Phi) is 3.82. The number of hydrogen-bond acceptors (Lipinski definition) is 3. The lowest BCUT2D eigenvalue weighted by Gasteiger charge is -2.11. The highest BCUT2D eigenvalue weighted by atomic mass is 16.4. The van der Waals surface area contributed by atoms with E-state index in [0.717, 1.165) is 0 Å². The summed E-state index contributed by atoms with van der Waals surface area (Å²) in [4.78, 5) is 25.9. The van der Waals surface area contributed by atoms with E-state index in [1.54, 1.807) is 13.8 Å². The summed E-state index contributed by atoms with van der Waals surface area (Å²) in [6.45, 7) is 3.61. The number of aromatic nitrogens is 1. The molecule has 0 aliphatic carbocycles. The van der Waals surface area contributed by atoms with E-state index in [0.29, 0.717) is 0 Å². The van der Waals surface area contributed by atoms with Gasteiger partial charge in [0.05, 0.1) is 17.4 Å². The number of nitrogens with one attached hydrogen (secondary N) is 2. The topological polar surface area (TPSA) is 91.3 Å². The van der Waals surface area contributed by atoms with Gasteiger partial charge in [0.2, 0.25) is 0 Å². The van der Waals surface area contributed by atoms with Crippen LogP contribution in [0.15, 0.2) is 18.5 Å². The number of carboxylic acid groups (broad SMARTS) is 1. The van der Waals surface area contributed by atoms with Crippen LogP contribution in [0.2, 0.25) is 0 Å². The van der Waals surface area contributed by atoms with E-state index in [9.17, 15) is 9.59 Å². The van der Waals surface area contributed by atoms with Crippen LogP contribution in [0, 0.1) is 0 Å². The second kappa shape index (κ2) is 5.11. The minimum atomic E-state index is -1.11. The van der Waals surface area contributed by atoms with Crippen molar-refractivity contribution in [2.75, 3.05) is 5.32 Å². The Hall–Kier alpha value is -2.11. The summed E-state index contributed by atoms with van der Waals surface area (Å²) in [6.07, 6.45) is 2.65. The highest BCUT2D eigenvalue weighted by Gasteiger charge is 2.12. The predicted molar refractivity (Wildman–Crippen MR) is 58.5 cm³/mol. The highest BCUT2D eigenvalue weighted by molar-refractivity contribution is 5.99. The number of carboxylic acids is 1. The molecule has 0 radical (unpaired) electrons. The number of carbonyl (C=O) groups is 2. The van der Waals surface area contributed by atoms with Crippen molar-refractivity contribution >= 4 is 17.7 Å². The van der Waals surface area contributed by atoms with Crippen molar-refractivity contribution in [1.29, 1.82) is 0 Å². The van der Waals surface area contributed by atoms with Gasteiger partial charge < -0.3 is 15.7 Å². The van der Waals surface area contributed by atoms with Gasteiger partial charge in [0.25, 0.3) is 0 Å². The molecule has 0 saturated heterocycles. The lowest BCUT2D eigenvalue weighted by Crippen LogP contribution is -2.34. The van der Waals surface area contributed by atoms with Gasteiger partial charge in [0, 0.05) is 12.2 Å². The lowest BCUT2D eigenvalue weighted by molar-refractivity contribution is 0.0698. The van der Waals surface area contributed by atoms with Crippen molar-refractivity contribution in [3.8, 4) is 0 Å². The molecule has 0 atom stereocenters. The Balaban J connectivity index is 2.81. The fourth-order valence-corrected chi connectivity index (χ4v) is 1.10. The van der Waals surface area contributed by atoms with Crippen LogP contribution in [0.1, 0.15) is 24.2 Å². The third-order valence-corrected chi connectivity index (χ3v) is 1.72. The van der Waals surface area contributed by atoms with Crippen LogP contribution < -0.4 is 10.6 Å². The van der Waals surface area contributed by atoms with E-state index in [-0.39, 0.29) is 17.3 Å². The summed E-state index contributed by atoms with van der Waals surface area (Å²) in [5.41, 5.74) is 0.182. The Morgan fingerprint density at radius 1 is 1.44 bits per heavy atom. The number of aromatic carboxylic acids is 1. The number of anilines is 1. The van der Waals surface area contributed by atoms with E-state index in [1.807, 2.05) is 0 Å². The van der Waals surface area contributed by atoms with Gasteiger partial charge in [-0.3, -0.25) is 4.98 Å². The molecule has 6 nitrogen and oxygen atoms in total. The molecule has 0 unspecified atom stereocenters. The molecule has 6 heteroatoms. The van der Waals surface area contributed by atoms with Gasteiger partial charge in [0.15, 0.2) is 0 Å². The Morgan fingerprint density at radius 3 is 2.69 bits per heavy atom. The second-order valence-electron chi connectivity index (χ2n) is 3.48. The smallest absolute Gasteiger partial charge is 0.337 e. The zero-order valence-electron chi connectivity index (χ0n) is 9.02. The molecule has 1 aromatic heterocycles. The number of carbonyl (C=O) groups excluding carboxylic acids is 1. The summed E-state index contributed by atoms with van der Waals surface area (Å²) in [5, 5.41) is 13.9. The maximum absolute atomic E-state index is 11.4. The fraction of sp³-hybridized carbons (Fsp3) is 0.300. The van der Waals surface area contributed by atoms with Crippen LogP contribution in [0.3, 0.4) is 0 Å². The number of hydrogen-bond donors (Lipinski definition) is 3. The average molecular weight is 223 g/mol. The molecule has 0 bridgehead atoms. The highest BCUT2D eigenvalue weighted by Crippen LogP contribution is 2.12. The summed E-state index contributed by atoms with van der Waals surface area (Å²) < 4.78 is 0. The predicted octanol–water partition coefficient (Wildman–Crippen LogP) is 1.31. The molecule has 1 heterocycles. The molecular formula is C10H13N3O3. The first-order chi connectivity index (χ1) is 7.50. The van der Waals surface area contributed by atoms with Gasteiger partial charge in [-0.1, -0.05) is 0 Å². The average Bonchev–Trinajstić information content (AvgIpc) is 2.16. The molecule has 0 fully saturated rings. The Labute approximate surface area is 92.7 Å². The molecule has 0 saturated carbocycles. The standard InChI is InChI=1S/C10H13N3O3/c1-6(2)12-10(16)13-8-5-11-4-3-7(8)9(14)15/h3-6H,1-2H3,(H,14,15)(H2,12,13,16). The van der Waals surface area contributed by atoms with Crippen LogP contribution >= 0.6 is 0 Å². The third-order valence-electron chi connectivity index (χ3n) is 1.72. The molecule has 0 aromatic carbocycles. The zero-order chi connectivity index (χ0) is 12.1. The first kappa shape index (κ1) is 12.0. The number of nitrogens with zero attached hydrogens (tertiary/aromatic N) is 1. The van der Waals surface area contributed by atoms with Gasteiger partial charge in [-0.15, -0.1) is 0 Å². The van der Waals surface area contributed by atoms with Crippen molar-refractivity contribution in [1.82, 2.24) is 10.3 Å². The van der Waals surface area contributed by atoms with Gasteiger partial charge in [-0.2, -0.15) is 0 Å². The van der Waals surface area contributed by atoms with Crippen LogP contribution in [0.25, 0.3) is 0 Å². The molecule has 0 spiro atoms. The van der Waals surface area contributed by atoms with E-state index in [2.05, 4.69) is 15.6 Å². The molecule has 1 aromatic rings. The molecule has 3 N–H and O–H groups in total. The summed E-state index contributed by atoms with van der Waals surface area (Å²) in [5.74, 6) is -1.11.